The molecule has 0 nitrogen and oxygen atoms in total. The summed E-state index contributed by atoms with van der Waals surface area (Å²) in [6.45, 7) is 0. The van der Waals surface area contributed by atoms with Crippen molar-refractivity contribution in [2.45, 2.75) is 0 Å². The zero-order valence-corrected chi connectivity index (χ0v) is 29.7. The third kappa shape index (κ3) is 36.0. The topological polar surface area (TPSA) is 0 Å². The van der Waals surface area contributed by atoms with Gasteiger partial charge in [-0.2, -0.15) is 0 Å². The number of hydrogen-bond donors (Lipinski definition) is 0. The minimum Gasteiger partial charge on any atom is 0 e. The van der Waals surface area contributed by atoms with Gasteiger partial charge in [-0.15, -0.1) is 0 Å². The third-order valence-corrected chi connectivity index (χ3v) is 0. The Bertz CT molecular complexity index is 0. The van der Waals surface area contributed by atoms with E-state index < -0.39 is 0 Å². The molecule has 0 N–H and O–H groups in total. The fourth-order valence-corrected chi connectivity index (χ4v) is 0. The Morgan fingerprint density at radius 3 is 0.125 bits per heavy atom. The number of rotatable bonds is 0. The Hall–Kier alpha value is 10.8. The van der Waals surface area contributed by atoms with Crippen molar-refractivity contribution in [3.63, 3.8) is 0 Å². The SMILES string of the molecule is [Nd].[Nd].[Nd].[Nd].[Nd].[Nd].[Nd].[Nd]. The van der Waals surface area contributed by atoms with E-state index in [-0.39, 0.29) is 327 Å². The maximum Gasteiger partial charge on any atom is 0 e. The van der Waals surface area contributed by atoms with E-state index in [2.05, 4.69) is 0 Å². The molecule has 0 rings (SSSR count). The van der Waals surface area contributed by atoms with Crippen LogP contribution in [-0.2, 0) is 0 Å². The molecule has 0 spiro atoms. The van der Waals surface area contributed by atoms with Crippen LogP contribution < -0.4 is 0 Å². The van der Waals surface area contributed by atoms with Gasteiger partial charge in [0.25, 0.3) is 0 Å². The maximum atomic E-state index is 0. The van der Waals surface area contributed by atoms with Gasteiger partial charge in [0, 0.05) is 327 Å². The first-order chi connectivity index (χ1) is 0. The molecule has 0 aromatic rings. The molecular formula is Nd8. The van der Waals surface area contributed by atoms with Gasteiger partial charge in [-0.1, -0.05) is 0 Å². The van der Waals surface area contributed by atoms with Gasteiger partial charge in [0.2, 0.25) is 0 Å². The van der Waals surface area contributed by atoms with E-state index in [4.69, 9.17) is 0 Å². The van der Waals surface area contributed by atoms with Gasteiger partial charge in [-0.25, -0.2) is 0 Å². The van der Waals surface area contributed by atoms with Gasteiger partial charge in [0.15, 0.2) is 0 Å². The molecule has 32 valence electrons. The normalized spacial score (nSPS) is 0. The Kier molecular flexibility index (Phi) is 275. The van der Waals surface area contributed by atoms with Crippen LogP contribution in [0.25, 0.3) is 0 Å². The van der Waals surface area contributed by atoms with Crippen LogP contribution in [0.4, 0.5) is 0 Å². The molecule has 0 heterocycles. The Morgan fingerprint density at radius 1 is 0.125 bits per heavy atom. The summed E-state index contributed by atoms with van der Waals surface area (Å²) in [5.74, 6) is 0. The molecule has 0 fully saturated rings. The van der Waals surface area contributed by atoms with E-state index in [1.807, 2.05) is 0 Å². The van der Waals surface area contributed by atoms with Crippen LogP contribution in [0.15, 0.2) is 0 Å². The van der Waals surface area contributed by atoms with Gasteiger partial charge >= 0.3 is 0 Å². The van der Waals surface area contributed by atoms with Crippen LogP contribution in [0, 0.1) is 327 Å². The summed E-state index contributed by atoms with van der Waals surface area (Å²) >= 11 is 0. The van der Waals surface area contributed by atoms with Crippen LogP contribution in [-0.4, -0.2) is 0 Å². The molecule has 0 aromatic carbocycles. The Morgan fingerprint density at radius 2 is 0.125 bits per heavy atom. The van der Waals surface area contributed by atoms with E-state index in [1.165, 1.54) is 0 Å². The van der Waals surface area contributed by atoms with Crippen molar-refractivity contribution in [2.24, 2.45) is 0 Å². The van der Waals surface area contributed by atoms with Crippen LogP contribution >= 0.6 is 0 Å². The van der Waals surface area contributed by atoms with Gasteiger partial charge < -0.3 is 0 Å². The van der Waals surface area contributed by atoms with Crippen molar-refractivity contribution < 1.29 is 327 Å². The molecule has 0 aliphatic heterocycles. The van der Waals surface area contributed by atoms with Crippen LogP contribution in [0.2, 0.25) is 0 Å². The fraction of sp³-hybridized carbons (Fsp3) is 0. The van der Waals surface area contributed by atoms with Crippen LogP contribution in [0.5, 0.6) is 0 Å². The minimum atomic E-state index is 0. The van der Waals surface area contributed by atoms with E-state index in [0.29, 0.717) is 0 Å². The molecule has 0 unspecified atom stereocenters. The first-order valence-corrected chi connectivity index (χ1v) is 0. The van der Waals surface area contributed by atoms with Crippen molar-refractivity contribution in [3.8, 4) is 0 Å². The van der Waals surface area contributed by atoms with Crippen molar-refractivity contribution in [1.82, 2.24) is 0 Å². The van der Waals surface area contributed by atoms with Crippen molar-refractivity contribution in [3.05, 3.63) is 0 Å². The second-order valence-electron chi connectivity index (χ2n) is 0. The smallest absolute Gasteiger partial charge is 0 e. The van der Waals surface area contributed by atoms with Crippen molar-refractivity contribution in [2.75, 3.05) is 0 Å². The summed E-state index contributed by atoms with van der Waals surface area (Å²) in [7, 11) is 0. The van der Waals surface area contributed by atoms with Crippen LogP contribution in [0.1, 0.15) is 0 Å². The molecule has 0 saturated carbocycles. The van der Waals surface area contributed by atoms with E-state index in [0.717, 1.165) is 0 Å². The summed E-state index contributed by atoms with van der Waals surface area (Å²) in [5.41, 5.74) is 0. The summed E-state index contributed by atoms with van der Waals surface area (Å²) in [5, 5.41) is 0. The third-order valence-electron chi connectivity index (χ3n) is 0. The second-order valence-corrected chi connectivity index (χ2v) is 0. The fourth-order valence-electron chi connectivity index (χ4n) is 0. The molecule has 0 aliphatic carbocycles. The predicted molar refractivity (Wildman–Crippen MR) is 0 cm³/mol. The molecule has 0 aliphatic rings. The summed E-state index contributed by atoms with van der Waals surface area (Å²) in [4.78, 5) is 0. The van der Waals surface area contributed by atoms with Crippen molar-refractivity contribution in [1.29, 1.82) is 0 Å². The molecule has 0 bridgehead atoms. The van der Waals surface area contributed by atoms with Gasteiger partial charge in [-0.05, 0) is 0 Å². The van der Waals surface area contributed by atoms with Crippen LogP contribution in [0.3, 0.4) is 0 Å². The molecule has 8 heavy (non-hydrogen) atoms. The zero-order valence-electron chi connectivity index (χ0n) is 4.00. The van der Waals surface area contributed by atoms with E-state index in [9.17, 15) is 0 Å². The van der Waals surface area contributed by atoms with Crippen molar-refractivity contribution >= 4 is 0 Å². The Labute approximate surface area is 314 Å². The van der Waals surface area contributed by atoms with E-state index in [1.54, 1.807) is 0 Å². The summed E-state index contributed by atoms with van der Waals surface area (Å²) in [6, 6.07) is 0. The molecule has 0 saturated heterocycles. The predicted octanol–water partition coefficient (Wildman–Crippen LogP) is 0. The minimum absolute atomic E-state index is 0. The van der Waals surface area contributed by atoms with Gasteiger partial charge in [0.05, 0.1) is 0 Å². The number of hydrogen-bond acceptors (Lipinski definition) is 0. The Balaban J connectivity index is 0. The standard InChI is InChI=1S/8Nd. The zero-order chi connectivity index (χ0) is 0. The first-order valence-electron chi connectivity index (χ1n) is 0. The average molecular weight is 1150 g/mol. The van der Waals surface area contributed by atoms with Gasteiger partial charge in [-0.3, -0.25) is 0 Å². The molecule has 0 aromatic heterocycles. The maximum absolute atomic E-state index is 0. The first kappa shape index (κ1) is 51.1. The molecule has 8 heteroatoms. The second kappa shape index (κ2) is 43.1. The largest absolute Gasteiger partial charge is 0 e. The molecule has 0 atom stereocenters. The quantitative estimate of drug-likeness (QED) is 0.321. The monoisotopic (exact) mass is 1140 g/mol. The van der Waals surface area contributed by atoms with E-state index >= 15 is 0 Å². The van der Waals surface area contributed by atoms with Gasteiger partial charge in [0.1, 0.15) is 0 Å². The summed E-state index contributed by atoms with van der Waals surface area (Å²) < 4.78 is 0. The molecule has 0 amide bonds. The average Bonchev–Trinajstić information content (AvgIpc) is 0. The molecule has 0 radical (unpaired) electrons. The summed E-state index contributed by atoms with van der Waals surface area (Å²) in [6.07, 6.45) is 0. The molecular weight excluding hydrogens is 1150 g/mol.